The molecule has 0 saturated heterocycles. The Hall–Kier alpha value is -2.71. The molecular weight excluding hydrogens is 463 g/mol. The van der Waals surface area contributed by atoms with Crippen LogP contribution in [0.1, 0.15) is 48.7 Å². The van der Waals surface area contributed by atoms with E-state index in [4.69, 9.17) is 21.3 Å². The van der Waals surface area contributed by atoms with Crippen LogP contribution < -0.4 is 0 Å². The van der Waals surface area contributed by atoms with Crippen LogP contribution >= 0.6 is 23.4 Å². The van der Waals surface area contributed by atoms with Gasteiger partial charge in [0, 0.05) is 28.3 Å². The Morgan fingerprint density at radius 3 is 2.79 bits per heavy atom. The van der Waals surface area contributed by atoms with E-state index < -0.39 is 6.04 Å². The van der Waals surface area contributed by atoms with Crippen LogP contribution in [0.25, 0.3) is 5.69 Å². The predicted octanol–water partition coefficient (Wildman–Crippen LogP) is 5.41. The van der Waals surface area contributed by atoms with Crippen molar-refractivity contribution in [1.29, 1.82) is 0 Å². The maximum Gasteiger partial charge on any atom is 0.305 e. The molecule has 1 atom stereocenters. The average Bonchev–Trinajstić information content (AvgIpc) is 3.58. The van der Waals surface area contributed by atoms with E-state index in [1.165, 1.54) is 26.0 Å². The zero-order valence-corrected chi connectivity index (χ0v) is 19.6. The molecule has 1 aliphatic carbocycles. The first-order valence-electron chi connectivity index (χ1n) is 10.8. The van der Waals surface area contributed by atoms with E-state index in [1.807, 2.05) is 10.6 Å². The van der Waals surface area contributed by atoms with Crippen LogP contribution in [0.5, 0.6) is 0 Å². The molecule has 1 aliphatic heterocycles. The lowest BCUT2D eigenvalue weighted by Gasteiger charge is -2.14. The maximum absolute atomic E-state index is 14.9. The van der Waals surface area contributed by atoms with Gasteiger partial charge in [0.25, 0.3) is 0 Å². The first kappa shape index (κ1) is 22.1. The molecule has 5 rings (SSSR count). The molecule has 2 aromatic carbocycles. The summed E-state index contributed by atoms with van der Waals surface area (Å²) in [7, 11) is 1.36. The second-order valence-electron chi connectivity index (χ2n) is 8.18. The molecule has 0 radical (unpaired) electrons. The standard InChI is InChI=1S/C24H22ClFN4O2S/c1-32-21(31)11-9-19-23-28-29-24(33-13-14-6-7-14)30(23)20-10-8-15(25)12-17(20)22(27-19)16-4-2-3-5-18(16)26/h2-5,8,10,12,14,19H,6-7,9,11,13H2,1H3/t19-/m0/s1. The van der Waals surface area contributed by atoms with Crippen LogP contribution in [0.3, 0.4) is 0 Å². The van der Waals surface area contributed by atoms with Gasteiger partial charge in [-0.25, -0.2) is 4.39 Å². The Balaban J connectivity index is 1.68. The summed E-state index contributed by atoms with van der Waals surface area (Å²) in [6, 6.07) is 11.5. The van der Waals surface area contributed by atoms with E-state index in [2.05, 4.69) is 10.2 Å². The minimum absolute atomic E-state index is 0.156. The summed E-state index contributed by atoms with van der Waals surface area (Å²) in [6.45, 7) is 0. The molecule has 0 unspecified atom stereocenters. The summed E-state index contributed by atoms with van der Waals surface area (Å²) in [5.41, 5.74) is 2.34. The van der Waals surface area contributed by atoms with Gasteiger partial charge in [-0.1, -0.05) is 35.5 Å². The van der Waals surface area contributed by atoms with Gasteiger partial charge < -0.3 is 4.74 Å². The van der Waals surface area contributed by atoms with E-state index >= 15 is 0 Å². The third-order valence-corrected chi connectivity index (χ3v) is 7.22. The van der Waals surface area contributed by atoms with E-state index in [1.54, 1.807) is 42.1 Å². The van der Waals surface area contributed by atoms with Gasteiger partial charge in [0.1, 0.15) is 11.9 Å². The Morgan fingerprint density at radius 1 is 1.21 bits per heavy atom. The highest BCUT2D eigenvalue weighted by molar-refractivity contribution is 7.99. The van der Waals surface area contributed by atoms with E-state index in [-0.39, 0.29) is 18.2 Å². The second kappa shape index (κ2) is 9.27. The molecule has 2 heterocycles. The van der Waals surface area contributed by atoms with Crippen LogP contribution in [-0.2, 0) is 9.53 Å². The number of halogens is 2. The third-order valence-electron chi connectivity index (χ3n) is 5.82. The normalized spacial score (nSPS) is 17.1. The van der Waals surface area contributed by atoms with Crippen molar-refractivity contribution in [3.63, 3.8) is 0 Å². The molecule has 33 heavy (non-hydrogen) atoms. The molecule has 0 spiro atoms. The summed E-state index contributed by atoms with van der Waals surface area (Å²) < 4.78 is 21.7. The zero-order valence-electron chi connectivity index (χ0n) is 18.0. The molecule has 9 heteroatoms. The average molecular weight is 485 g/mol. The van der Waals surface area contributed by atoms with Crippen molar-refractivity contribution < 1.29 is 13.9 Å². The number of methoxy groups -OCH3 is 1. The number of thioether (sulfide) groups is 1. The number of carbonyl (C=O) groups excluding carboxylic acids is 1. The van der Waals surface area contributed by atoms with Crippen molar-refractivity contribution in [1.82, 2.24) is 14.8 Å². The smallest absolute Gasteiger partial charge is 0.305 e. The number of aromatic nitrogens is 3. The molecule has 2 aliphatic rings. The van der Waals surface area contributed by atoms with Gasteiger partial charge in [-0.15, -0.1) is 10.2 Å². The molecule has 0 amide bonds. The number of benzene rings is 2. The molecule has 0 bridgehead atoms. The monoisotopic (exact) mass is 484 g/mol. The number of hydrogen-bond acceptors (Lipinski definition) is 6. The van der Waals surface area contributed by atoms with Crippen molar-refractivity contribution in [3.8, 4) is 5.69 Å². The van der Waals surface area contributed by atoms with E-state index in [0.29, 0.717) is 40.0 Å². The first-order chi connectivity index (χ1) is 16.0. The van der Waals surface area contributed by atoms with Crippen molar-refractivity contribution in [2.75, 3.05) is 12.9 Å². The van der Waals surface area contributed by atoms with Crippen molar-refractivity contribution in [2.24, 2.45) is 10.9 Å². The highest BCUT2D eigenvalue weighted by Crippen LogP contribution is 2.39. The SMILES string of the molecule is COC(=O)CC[C@@H]1N=C(c2ccccc2F)c2cc(Cl)ccc2-n2c(SCC3CC3)nnc21. The van der Waals surface area contributed by atoms with Gasteiger partial charge in [-0.05, 0) is 55.5 Å². The van der Waals surface area contributed by atoms with Gasteiger partial charge in [0.05, 0.1) is 18.5 Å². The third kappa shape index (κ3) is 4.54. The van der Waals surface area contributed by atoms with Gasteiger partial charge in [0.2, 0.25) is 0 Å². The second-order valence-corrected chi connectivity index (χ2v) is 9.60. The Kier molecular flexibility index (Phi) is 6.21. The van der Waals surface area contributed by atoms with E-state index in [0.717, 1.165) is 16.6 Å². The van der Waals surface area contributed by atoms with Crippen LogP contribution in [0, 0.1) is 11.7 Å². The first-order valence-corrected chi connectivity index (χ1v) is 12.2. The van der Waals surface area contributed by atoms with Crippen LogP contribution in [-0.4, -0.2) is 39.3 Å². The Morgan fingerprint density at radius 2 is 2.03 bits per heavy atom. The summed E-state index contributed by atoms with van der Waals surface area (Å²) >= 11 is 8.04. The lowest BCUT2D eigenvalue weighted by atomic mass is 10.00. The summed E-state index contributed by atoms with van der Waals surface area (Å²) in [5, 5.41) is 10.2. The number of esters is 1. The quantitative estimate of drug-likeness (QED) is 0.331. The summed E-state index contributed by atoms with van der Waals surface area (Å²) in [6.07, 6.45) is 2.99. The fraction of sp³-hybridized carbons (Fsp3) is 0.333. The van der Waals surface area contributed by atoms with Gasteiger partial charge in [0.15, 0.2) is 11.0 Å². The number of carbonyl (C=O) groups is 1. The van der Waals surface area contributed by atoms with Crippen molar-refractivity contribution in [2.45, 2.75) is 36.9 Å². The largest absolute Gasteiger partial charge is 0.469 e. The summed E-state index contributed by atoms with van der Waals surface area (Å²) in [4.78, 5) is 16.9. The fourth-order valence-corrected chi connectivity index (χ4v) is 5.20. The summed E-state index contributed by atoms with van der Waals surface area (Å²) in [5.74, 6) is 1.58. The number of nitrogens with zero attached hydrogens (tertiary/aromatic N) is 4. The molecule has 6 nitrogen and oxygen atoms in total. The van der Waals surface area contributed by atoms with Gasteiger partial charge >= 0.3 is 5.97 Å². The fourth-order valence-electron chi connectivity index (χ4n) is 3.89. The minimum atomic E-state index is -0.507. The Labute approximate surface area is 200 Å². The number of rotatable bonds is 7. The van der Waals surface area contributed by atoms with E-state index in [9.17, 15) is 9.18 Å². The van der Waals surface area contributed by atoms with Gasteiger partial charge in [-0.2, -0.15) is 0 Å². The van der Waals surface area contributed by atoms with Gasteiger partial charge in [-0.3, -0.25) is 14.4 Å². The molecule has 1 fully saturated rings. The number of ether oxygens (including phenoxy) is 1. The molecular formula is C24H22ClFN4O2S. The highest BCUT2D eigenvalue weighted by Gasteiger charge is 2.31. The Bertz CT molecular complexity index is 1240. The number of aliphatic imine (C=N–C) groups is 1. The molecule has 1 saturated carbocycles. The number of hydrogen-bond donors (Lipinski definition) is 0. The van der Waals surface area contributed by atoms with Crippen molar-refractivity contribution in [3.05, 3.63) is 70.3 Å². The minimum Gasteiger partial charge on any atom is -0.469 e. The van der Waals surface area contributed by atoms with Crippen LogP contribution in [0.15, 0.2) is 52.6 Å². The lowest BCUT2D eigenvalue weighted by Crippen LogP contribution is -2.10. The van der Waals surface area contributed by atoms with Crippen molar-refractivity contribution >= 4 is 35.0 Å². The van der Waals surface area contributed by atoms with Crippen LogP contribution in [0.2, 0.25) is 5.02 Å². The lowest BCUT2D eigenvalue weighted by molar-refractivity contribution is -0.140. The predicted molar refractivity (Wildman–Crippen MR) is 126 cm³/mol. The highest BCUT2D eigenvalue weighted by atomic mass is 35.5. The molecule has 0 N–H and O–H groups in total. The molecule has 3 aromatic rings. The maximum atomic E-state index is 14.9. The topological polar surface area (TPSA) is 69.4 Å². The van der Waals surface area contributed by atoms with Crippen LogP contribution in [0.4, 0.5) is 4.39 Å². The molecule has 1 aromatic heterocycles. The number of fused-ring (bicyclic) bond motifs is 3. The zero-order chi connectivity index (χ0) is 22.9. The molecule has 170 valence electrons.